The van der Waals surface area contributed by atoms with Gasteiger partial charge in [-0.05, 0) is 109 Å². The van der Waals surface area contributed by atoms with E-state index in [1.807, 2.05) is 21.1 Å². The molecule has 0 rings (SSSR count). The molecule has 0 aromatic carbocycles. The van der Waals surface area contributed by atoms with E-state index in [9.17, 15) is 19.5 Å². The van der Waals surface area contributed by atoms with E-state index in [1.165, 1.54) is 250 Å². The zero-order valence-electron chi connectivity index (χ0n) is 67.9. The van der Waals surface area contributed by atoms with Crippen molar-refractivity contribution < 1.29 is 42.9 Å². The van der Waals surface area contributed by atoms with Crippen LogP contribution in [0.25, 0.3) is 0 Å². The average molecular weight is 1440 g/mol. The predicted molar refractivity (Wildman–Crippen MR) is 447 cm³/mol. The first-order chi connectivity index (χ1) is 50.6. The van der Waals surface area contributed by atoms with Crippen molar-refractivity contribution >= 4 is 17.9 Å². The maximum Gasteiger partial charge on any atom is 0.361 e. The van der Waals surface area contributed by atoms with Gasteiger partial charge in [0.1, 0.15) is 13.2 Å². The van der Waals surface area contributed by atoms with E-state index in [4.69, 9.17) is 18.9 Å². The van der Waals surface area contributed by atoms with Crippen LogP contribution in [-0.2, 0) is 33.3 Å². The van der Waals surface area contributed by atoms with Crippen molar-refractivity contribution in [1.29, 1.82) is 0 Å². The van der Waals surface area contributed by atoms with Crippen LogP contribution in [0.15, 0.2) is 134 Å². The molecule has 592 valence electrons. The first-order valence-corrected chi connectivity index (χ1v) is 43.3. The van der Waals surface area contributed by atoms with Crippen molar-refractivity contribution in [3.63, 3.8) is 0 Å². The van der Waals surface area contributed by atoms with Crippen LogP contribution in [0.2, 0.25) is 0 Å². The number of nitrogens with zero attached hydrogens (tertiary/aromatic N) is 1. The Kier molecular flexibility index (Phi) is 79.4. The molecular weight excluding hydrogens is 1270 g/mol. The molecule has 9 heteroatoms. The van der Waals surface area contributed by atoms with Crippen LogP contribution < -0.4 is 0 Å². The summed E-state index contributed by atoms with van der Waals surface area (Å²) in [6, 6.07) is 0. The molecule has 0 saturated heterocycles. The Balaban J connectivity index is 3.95. The van der Waals surface area contributed by atoms with Gasteiger partial charge in [0.05, 0.1) is 34.4 Å². The van der Waals surface area contributed by atoms with Gasteiger partial charge in [-0.2, -0.15) is 0 Å². The molecule has 0 radical (unpaired) electrons. The third kappa shape index (κ3) is 84.6. The maximum absolute atomic E-state index is 13.0. The number of carbonyl (C=O) groups is 3. The number of ether oxygens (including phenoxy) is 4. The van der Waals surface area contributed by atoms with Gasteiger partial charge in [-0.25, -0.2) is 4.79 Å². The van der Waals surface area contributed by atoms with Gasteiger partial charge in [0, 0.05) is 12.8 Å². The molecule has 1 N–H and O–H groups in total. The minimum atomic E-state index is -1.51. The molecule has 0 aromatic rings. The van der Waals surface area contributed by atoms with Crippen molar-refractivity contribution in [1.82, 2.24) is 0 Å². The average Bonchev–Trinajstić information content (AvgIpc) is 1.01. The topological polar surface area (TPSA) is 108 Å². The summed E-state index contributed by atoms with van der Waals surface area (Å²) in [6.07, 6.45) is 118. The van der Waals surface area contributed by atoms with E-state index in [-0.39, 0.29) is 38.2 Å². The molecular formula is C94H164NO8+. The smallest absolute Gasteiger partial charge is 0.361 e. The van der Waals surface area contributed by atoms with Gasteiger partial charge in [0.25, 0.3) is 6.29 Å². The van der Waals surface area contributed by atoms with Crippen molar-refractivity contribution in [3.8, 4) is 0 Å². The van der Waals surface area contributed by atoms with E-state index < -0.39 is 18.4 Å². The lowest BCUT2D eigenvalue weighted by Gasteiger charge is -2.25. The molecule has 0 spiro atoms. The zero-order chi connectivity index (χ0) is 74.6. The number of unbranched alkanes of at least 4 members (excludes halogenated alkanes) is 43. The Morgan fingerprint density at radius 2 is 0.524 bits per heavy atom. The molecule has 0 saturated carbocycles. The highest BCUT2D eigenvalue weighted by molar-refractivity contribution is 5.71. The summed E-state index contributed by atoms with van der Waals surface area (Å²) in [6.45, 7) is 4.70. The highest BCUT2D eigenvalue weighted by Gasteiger charge is 2.25. The van der Waals surface area contributed by atoms with Gasteiger partial charge in [0.2, 0.25) is 0 Å². The molecule has 0 aliphatic carbocycles. The maximum atomic E-state index is 13.0. The van der Waals surface area contributed by atoms with Crippen molar-refractivity contribution in [2.75, 3.05) is 47.5 Å². The number of allylic oxidation sites excluding steroid dienone is 22. The number of hydrogen-bond acceptors (Lipinski definition) is 7. The van der Waals surface area contributed by atoms with E-state index in [2.05, 4.69) is 148 Å². The fourth-order valence-corrected chi connectivity index (χ4v) is 12.4. The number of carboxylic acids is 1. The molecule has 0 aromatic heterocycles. The number of aliphatic carboxylic acids is 1. The van der Waals surface area contributed by atoms with Gasteiger partial charge < -0.3 is 28.5 Å². The molecule has 9 nitrogen and oxygen atoms in total. The summed E-state index contributed by atoms with van der Waals surface area (Å²) in [7, 11) is 6.00. The number of esters is 2. The monoisotopic (exact) mass is 1440 g/mol. The SMILES string of the molecule is CC/C=C\C/C=C\C/C=C\C/C=C\C/C=C\C/C=C\CCCCCCCCCCCCCCCCCCCCCCCCC(=O)OC(COC(=O)CCCCCCCCCCCCCCCCCCCCCCC/C=C\C/C=C\C/C=C\C/C=C\C/C=C\CC)COC(OCC[N+](C)(C)C)C(=O)O. The molecule has 0 aliphatic heterocycles. The van der Waals surface area contributed by atoms with E-state index in [0.29, 0.717) is 17.4 Å². The lowest BCUT2D eigenvalue weighted by molar-refractivity contribution is -0.870. The summed E-state index contributed by atoms with van der Waals surface area (Å²) in [5.41, 5.74) is 0. The Bertz CT molecular complexity index is 2170. The third-order valence-corrected chi connectivity index (χ3v) is 18.9. The largest absolute Gasteiger partial charge is 0.477 e. The number of likely N-dealkylation sites (N-methyl/N-ethyl adjacent to an activating group) is 1. The predicted octanol–water partition coefficient (Wildman–Crippen LogP) is 28.4. The first kappa shape index (κ1) is 98.4. The lowest BCUT2D eigenvalue weighted by atomic mass is 10.0. The van der Waals surface area contributed by atoms with Crippen LogP contribution in [0.3, 0.4) is 0 Å². The number of hydrogen-bond donors (Lipinski definition) is 1. The summed E-state index contributed by atoms with van der Waals surface area (Å²) >= 11 is 0. The van der Waals surface area contributed by atoms with Crippen LogP contribution in [0.5, 0.6) is 0 Å². The van der Waals surface area contributed by atoms with Gasteiger partial charge >= 0.3 is 17.9 Å². The number of rotatable bonds is 80. The summed E-state index contributed by atoms with van der Waals surface area (Å²) in [5, 5.41) is 9.79. The van der Waals surface area contributed by atoms with Crippen molar-refractivity contribution in [2.24, 2.45) is 0 Å². The summed E-state index contributed by atoms with van der Waals surface area (Å²) in [4.78, 5) is 37.8. The van der Waals surface area contributed by atoms with E-state index >= 15 is 0 Å². The van der Waals surface area contributed by atoms with Crippen LogP contribution in [0, 0.1) is 0 Å². The van der Waals surface area contributed by atoms with Crippen LogP contribution in [-0.4, -0.2) is 87.4 Å². The Labute approximate surface area is 637 Å². The number of quaternary nitrogens is 1. The minimum absolute atomic E-state index is 0.181. The standard InChI is InChI=1S/C94H163NO8/c1-6-8-10-12-14-16-18-20-22-24-26-28-30-32-34-36-38-40-42-44-45-46-47-49-51-53-55-57-59-61-63-65-67-69-71-73-75-77-79-81-83-85-92(97)103-90(89-102-94(93(98)99)100-87-86-95(3,4)5)88-101-91(96)84-82-80-78-76-74-72-70-68-66-64-62-60-58-56-54-52-50-48-43-41-39-37-35-33-31-29-27-25-23-21-19-17-15-13-11-9-7-2/h8-11,14-17,20-23,26-29,32-35,38,40,90,94H,6-7,12-13,18-19,24-25,30-31,36-37,39,41-89H2,1-5H3/p+1/b10-8-,11-9-,16-14-,17-15-,22-20-,23-21-,28-26-,29-27-,34-32-,35-33-,40-38-. The highest BCUT2D eigenvalue weighted by Crippen LogP contribution is 2.20. The fraction of sp³-hybridized carbons (Fsp3) is 0.734. The number of carbonyl (C=O) groups excluding carboxylic acids is 2. The second kappa shape index (κ2) is 83.1. The minimum Gasteiger partial charge on any atom is -0.477 e. The zero-order valence-corrected chi connectivity index (χ0v) is 67.9. The van der Waals surface area contributed by atoms with Gasteiger partial charge in [-0.15, -0.1) is 0 Å². The van der Waals surface area contributed by atoms with E-state index in [0.717, 1.165) is 109 Å². The second-order valence-electron chi connectivity index (χ2n) is 30.1. The number of carboxylic acid groups (broad SMARTS) is 1. The second-order valence-corrected chi connectivity index (χ2v) is 30.1. The van der Waals surface area contributed by atoms with Crippen molar-refractivity contribution in [3.05, 3.63) is 134 Å². The Morgan fingerprint density at radius 1 is 0.291 bits per heavy atom. The first-order valence-electron chi connectivity index (χ1n) is 43.3. The molecule has 0 fully saturated rings. The summed E-state index contributed by atoms with van der Waals surface area (Å²) in [5.74, 6) is -1.98. The van der Waals surface area contributed by atoms with Gasteiger partial charge in [-0.3, -0.25) is 9.59 Å². The highest BCUT2D eigenvalue weighted by atomic mass is 16.7. The van der Waals surface area contributed by atoms with Crippen LogP contribution in [0.4, 0.5) is 0 Å². The Morgan fingerprint density at radius 3 is 0.777 bits per heavy atom. The lowest BCUT2D eigenvalue weighted by Crippen LogP contribution is -2.40. The normalized spacial score (nSPS) is 13.3. The molecule has 0 aliphatic rings. The molecule has 2 unspecified atom stereocenters. The van der Waals surface area contributed by atoms with Crippen LogP contribution in [0.1, 0.15) is 386 Å². The molecule has 2 atom stereocenters. The molecule has 0 bridgehead atoms. The molecule has 0 amide bonds. The van der Waals surface area contributed by atoms with E-state index in [1.54, 1.807) is 0 Å². The van der Waals surface area contributed by atoms with Gasteiger partial charge in [-0.1, -0.05) is 398 Å². The Hall–Kier alpha value is -4.57. The molecule has 0 heterocycles. The third-order valence-electron chi connectivity index (χ3n) is 18.9. The summed E-state index contributed by atoms with van der Waals surface area (Å²) < 4.78 is 23.1. The van der Waals surface area contributed by atoms with Crippen LogP contribution >= 0.6 is 0 Å². The quantitative estimate of drug-likeness (QED) is 0.0211. The van der Waals surface area contributed by atoms with Crippen molar-refractivity contribution in [2.45, 2.75) is 399 Å². The fourth-order valence-electron chi connectivity index (χ4n) is 12.4. The van der Waals surface area contributed by atoms with Gasteiger partial charge in [0.15, 0.2) is 6.10 Å². The molecule has 103 heavy (non-hydrogen) atoms.